The number of furan rings is 1. The van der Waals surface area contributed by atoms with Crippen LogP contribution in [0.15, 0.2) is 56.1 Å². The summed E-state index contributed by atoms with van der Waals surface area (Å²) in [5, 5.41) is 4.43. The fraction of sp³-hybridized carbons (Fsp3) is 0.269. The highest BCUT2D eigenvalue weighted by atomic mass is 16.5. The van der Waals surface area contributed by atoms with Crippen LogP contribution in [0.5, 0.6) is 0 Å². The molecule has 0 radical (unpaired) electrons. The van der Waals surface area contributed by atoms with Gasteiger partial charge in [0.2, 0.25) is 5.91 Å². The maximum absolute atomic E-state index is 12.6. The number of esters is 1. The highest BCUT2D eigenvalue weighted by molar-refractivity contribution is 6.03. The van der Waals surface area contributed by atoms with Gasteiger partial charge in [-0.25, -0.2) is 4.79 Å². The minimum Gasteiger partial charge on any atom is -0.464 e. The Morgan fingerprint density at radius 1 is 1.00 bits per heavy atom. The number of amides is 1. The number of fused-ring (bicyclic) bond motifs is 2. The van der Waals surface area contributed by atoms with E-state index in [0.717, 1.165) is 33.2 Å². The van der Waals surface area contributed by atoms with Crippen LogP contribution in [0.3, 0.4) is 0 Å². The number of hydrogen-bond donors (Lipinski definition) is 1. The van der Waals surface area contributed by atoms with Crippen molar-refractivity contribution in [3.63, 3.8) is 0 Å². The van der Waals surface area contributed by atoms with E-state index in [0.29, 0.717) is 16.7 Å². The molecule has 1 N–H and O–H groups in total. The fourth-order valence-corrected chi connectivity index (χ4v) is 4.07. The van der Waals surface area contributed by atoms with Gasteiger partial charge in [0.25, 0.3) is 0 Å². The molecule has 7 heteroatoms. The summed E-state index contributed by atoms with van der Waals surface area (Å²) in [7, 11) is 0. The molecular weight excluding hydrogens is 422 g/mol. The topological polar surface area (TPSA) is 98.8 Å². The van der Waals surface area contributed by atoms with Gasteiger partial charge in [-0.3, -0.25) is 9.59 Å². The SMILES string of the molecule is CC(=O)OCCNC(=O)CCc1c(C)c2cc3c(-c4ccccc4)c(C)oc3cc2oc1=O. The Balaban J connectivity index is 1.64. The van der Waals surface area contributed by atoms with E-state index in [1.54, 1.807) is 6.07 Å². The molecular formula is C26H25NO6. The summed E-state index contributed by atoms with van der Waals surface area (Å²) in [6.45, 7) is 5.44. The summed E-state index contributed by atoms with van der Waals surface area (Å²) in [6.07, 6.45) is 0.372. The molecule has 0 spiro atoms. The number of hydrogen-bond acceptors (Lipinski definition) is 6. The molecule has 0 fully saturated rings. The molecule has 0 atom stereocenters. The summed E-state index contributed by atoms with van der Waals surface area (Å²) >= 11 is 0. The van der Waals surface area contributed by atoms with Crippen molar-refractivity contribution in [2.75, 3.05) is 13.2 Å². The monoisotopic (exact) mass is 447 g/mol. The Labute approximate surface area is 190 Å². The van der Waals surface area contributed by atoms with Crippen LogP contribution in [0.2, 0.25) is 0 Å². The van der Waals surface area contributed by atoms with Crippen molar-refractivity contribution < 1.29 is 23.2 Å². The normalized spacial score (nSPS) is 11.1. The first-order valence-corrected chi connectivity index (χ1v) is 10.8. The lowest BCUT2D eigenvalue weighted by Crippen LogP contribution is -2.28. The van der Waals surface area contributed by atoms with Crippen molar-refractivity contribution in [3.05, 3.63) is 69.8 Å². The van der Waals surface area contributed by atoms with Gasteiger partial charge in [0.05, 0.1) is 6.54 Å². The molecule has 0 aliphatic rings. The molecule has 0 aliphatic carbocycles. The highest BCUT2D eigenvalue weighted by Gasteiger charge is 2.18. The number of carbonyl (C=O) groups excluding carboxylic acids is 2. The van der Waals surface area contributed by atoms with Crippen molar-refractivity contribution in [2.24, 2.45) is 0 Å². The molecule has 4 aromatic rings. The lowest BCUT2D eigenvalue weighted by molar-refractivity contribution is -0.141. The third kappa shape index (κ3) is 4.67. The van der Waals surface area contributed by atoms with Crippen molar-refractivity contribution in [2.45, 2.75) is 33.6 Å². The van der Waals surface area contributed by atoms with E-state index in [9.17, 15) is 14.4 Å². The van der Waals surface area contributed by atoms with Gasteiger partial charge in [-0.15, -0.1) is 0 Å². The lowest BCUT2D eigenvalue weighted by atomic mass is 9.98. The van der Waals surface area contributed by atoms with Gasteiger partial charge in [0.15, 0.2) is 0 Å². The quantitative estimate of drug-likeness (QED) is 0.256. The van der Waals surface area contributed by atoms with E-state index < -0.39 is 11.6 Å². The van der Waals surface area contributed by atoms with Gasteiger partial charge in [0.1, 0.15) is 23.5 Å². The van der Waals surface area contributed by atoms with Gasteiger partial charge in [-0.1, -0.05) is 30.3 Å². The fourth-order valence-electron chi connectivity index (χ4n) is 4.07. The van der Waals surface area contributed by atoms with Crippen LogP contribution < -0.4 is 10.9 Å². The van der Waals surface area contributed by atoms with Crippen molar-refractivity contribution in [3.8, 4) is 11.1 Å². The van der Waals surface area contributed by atoms with Crippen LogP contribution in [0, 0.1) is 13.8 Å². The molecule has 0 aliphatic heterocycles. The van der Waals surface area contributed by atoms with Crippen LogP contribution in [0.25, 0.3) is 33.1 Å². The molecule has 2 heterocycles. The number of ether oxygens (including phenoxy) is 1. The molecule has 2 aromatic carbocycles. The lowest BCUT2D eigenvalue weighted by Gasteiger charge is -2.09. The largest absolute Gasteiger partial charge is 0.464 e. The van der Waals surface area contributed by atoms with Gasteiger partial charge >= 0.3 is 11.6 Å². The Kier molecular flexibility index (Phi) is 6.31. The average molecular weight is 447 g/mol. The standard InChI is InChI=1S/C26H25NO6/c1-15-19(9-10-24(29)27-11-12-31-17(3)28)26(30)33-22-14-23-21(13-20(15)22)25(16(2)32-23)18-7-5-4-6-8-18/h4-8,13-14H,9-12H2,1-3H3,(H,27,29). The number of aryl methyl sites for hydroxylation is 2. The number of carbonyl (C=O) groups is 2. The first-order valence-electron chi connectivity index (χ1n) is 10.8. The minimum atomic E-state index is -0.460. The first kappa shape index (κ1) is 22.3. The zero-order valence-electron chi connectivity index (χ0n) is 18.8. The van der Waals surface area contributed by atoms with Crippen LogP contribution in [0.1, 0.15) is 30.2 Å². The van der Waals surface area contributed by atoms with E-state index in [1.807, 2.05) is 50.2 Å². The number of nitrogens with one attached hydrogen (secondary N) is 1. The van der Waals surface area contributed by atoms with E-state index in [-0.39, 0.29) is 31.9 Å². The van der Waals surface area contributed by atoms with E-state index >= 15 is 0 Å². The molecule has 0 saturated carbocycles. The Hall–Kier alpha value is -3.87. The van der Waals surface area contributed by atoms with E-state index in [4.69, 9.17) is 13.6 Å². The maximum Gasteiger partial charge on any atom is 0.339 e. The second kappa shape index (κ2) is 9.32. The van der Waals surface area contributed by atoms with Crippen LogP contribution >= 0.6 is 0 Å². The van der Waals surface area contributed by atoms with Crippen LogP contribution in [-0.2, 0) is 20.7 Å². The van der Waals surface area contributed by atoms with Crippen molar-refractivity contribution in [1.29, 1.82) is 0 Å². The zero-order valence-corrected chi connectivity index (χ0v) is 18.8. The summed E-state index contributed by atoms with van der Waals surface area (Å²) in [5.74, 6) is 0.163. The Morgan fingerprint density at radius 2 is 1.73 bits per heavy atom. The second-order valence-corrected chi connectivity index (χ2v) is 7.93. The van der Waals surface area contributed by atoms with Gasteiger partial charge in [-0.05, 0) is 37.5 Å². The average Bonchev–Trinajstić information content (AvgIpc) is 3.10. The number of rotatable bonds is 7. The highest BCUT2D eigenvalue weighted by Crippen LogP contribution is 2.37. The summed E-state index contributed by atoms with van der Waals surface area (Å²) in [6, 6.07) is 13.7. The molecule has 7 nitrogen and oxygen atoms in total. The predicted molar refractivity (Wildman–Crippen MR) is 125 cm³/mol. The van der Waals surface area contributed by atoms with Gasteiger partial charge in [0, 0.05) is 41.3 Å². The van der Waals surface area contributed by atoms with Crippen molar-refractivity contribution >= 4 is 33.8 Å². The molecule has 170 valence electrons. The van der Waals surface area contributed by atoms with E-state index in [2.05, 4.69) is 5.32 Å². The molecule has 4 rings (SSSR count). The third-order valence-corrected chi connectivity index (χ3v) is 5.67. The van der Waals surface area contributed by atoms with Crippen molar-refractivity contribution in [1.82, 2.24) is 5.32 Å². The Morgan fingerprint density at radius 3 is 2.45 bits per heavy atom. The molecule has 0 bridgehead atoms. The molecule has 0 saturated heterocycles. The first-order chi connectivity index (χ1) is 15.8. The van der Waals surface area contributed by atoms with Crippen LogP contribution in [0.4, 0.5) is 0 Å². The van der Waals surface area contributed by atoms with Gasteiger partial charge in [-0.2, -0.15) is 0 Å². The predicted octanol–water partition coefficient (Wildman–Crippen LogP) is 4.43. The Bertz CT molecular complexity index is 1400. The summed E-state index contributed by atoms with van der Waals surface area (Å²) in [5.41, 5.74) is 3.96. The second-order valence-electron chi connectivity index (χ2n) is 7.93. The smallest absolute Gasteiger partial charge is 0.339 e. The summed E-state index contributed by atoms with van der Waals surface area (Å²) < 4.78 is 16.3. The zero-order chi connectivity index (χ0) is 23.5. The number of benzene rings is 2. The molecule has 1 amide bonds. The maximum atomic E-state index is 12.6. The van der Waals surface area contributed by atoms with Gasteiger partial charge < -0.3 is 18.9 Å². The van der Waals surface area contributed by atoms with Crippen LogP contribution in [-0.4, -0.2) is 25.0 Å². The minimum absolute atomic E-state index is 0.113. The third-order valence-electron chi connectivity index (χ3n) is 5.67. The summed E-state index contributed by atoms with van der Waals surface area (Å²) in [4.78, 5) is 35.6. The molecule has 2 aromatic heterocycles. The molecule has 0 unspecified atom stereocenters. The molecule has 33 heavy (non-hydrogen) atoms. The van der Waals surface area contributed by atoms with E-state index in [1.165, 1.54) is 6.92 Å².